The van der Waals surface area contributed by atoms with Crippen LogP contribution in [0.4, 0.5) is 4.39 Å². The third-order valence-electron chi connectivity index (χ3n) is 3.80. The summed E-state index contributed by atoms with van der Waals surface area (Å²) in [7, 11) is 1.60. The summed E-state index contributed by atoms with van der Waals surface area (Å²) in [6.07, 6.45) is 3.00. The van der Waals surface area contributed by atoms with Crippen molar-refractivity contribution in [2.75, 3.05) is 7.11 Å². The van der Waals surface area contributed by atoms with Gasteiger partial charge in [0.05, 0.1) is 7.11 Å². The summed E-state index contributed by atoms with van der Waals surface area (Å²) < 4.78 is 19.8. The van der Waals surface area contributed by atoms with Gasteiger partial charge < -0.3 is 4.74 Å². The van der Waals surface area contributed by atoms with Crippen LogP contribution in [0, 0.1) is 5.82 Å². The van der Waals surface area contributed by atoms with Crippen molar-refractivity contribution in [3.63, 3.8) is 0 Å². The first kappa shape index (κ1) is 15.0. The topological polar surface area (TPSA) is 26.3 Å². The van der Waals surface area contributed by atoms with Gasteiger partial charge in [-0.05, 0) is 60.9 Å². The summed E-state index contributed by atoms with van der Waals surface area (Å²) in [5.41, 5.74) is 2.72. The molecule has 3 rings (SSSR count). The van der Waals surface area contributed by atoms with Crippen LogP contribution < -0.4 is 4.74 Å². The Kier molecular flexibility index (Phi) is 4.12. The summed E-state index contributed by atoms with van der Waals surface area (Å²) >= 11 is 3.32. The molecule has 0 atom stereocenters. The van der Waals surface area contributed by atoms with Gasteiger partial charge in [-0.25, -0.2) is 4.39 Å². The standard InChI is InChI=1S/C18H14BrFO2/c1-22-15-5-6-16-11(10-15)2-3-12(18(16)21)8-13-9-14(19)4-7-17(13)20/h4-10H,2-3H2,1H3/b12-8+. The molecule has 0 aliphatic heterocycles. The van der Waals surface area contributed by atoms with Crippen molar-refractivity contribution in [2.45, 2.75) is 12.8 Å². The van der Waals surface area contributed by atoms with E-state index < -0.39 is 0 Å². The monoisotopic (exact) mass is 360 g/mol. The number of hydrogen-bond acceptors (Lipinski definition) is 2. The van der Waals surface area contributed by atoms with Gasteiger partial charge in [0.15, 0.2) is 5.78 Å². The maximum Gasteiger partial charge on any atom is 0.189 e. The van der Waals surface area contributed by atoms with Crippen molar-refractivity contribution in [3.05, 3.63) is 69.0 Å². The van der Waals surface area contributed by atoms with E-state index >= 15 is 0 Å². The van der Waals surface area contributed by atoms with E-state index in [9.17, 15) is 9.18 Å². The van der Waals surface area contributed by atoms with Crippen LogP contribution in [-0.4, -0.2) is 12.9 Å². The lowest BCUT2D eigenvalue weighted by atomic mass is 9.86. The number of benzene rings is 2. The first-order valence-electron chi connectivity index (χ1n) is 6.95. The number of aryl methyl sites for hydroxylation is 1. The van der Waals surface area contributed by atoms with Crippen molar-refractivity contribution in [2.24, 2.45) is 0 Å². The summed E-state index contributed by atoms with van der Waals surface area (Å²) in [6.45, 7) is 0. The Morgan fingerprint density at radius 1 is 1.18 bits per heavy atom. The van der Waals surface area contributed by atoms with Gasteiger partial charge >= 0.3 is 0 Å². The molecule has 1 aliphatic rings. The average Bonchev–Trinajstić information content (AvgIpc) is 2.53. The van der Waals surface area contributed by atoms with Crippen molar-refractivity contribution < 1.29 is 13.9 Å². The number of rotatable bonds is 2. The second-order valence-corrected chi connectivity index (χ2v) is 6.10. The molecule has 1 aliphatic carbocycles. The maximum absolute atomic E-state index is 13.9. The average molecular weight is 361 g/mol. The van der Waals surface area contributed by atoms with Crippen LogP contribution in [0.5, 0.6) is 5.75 Å². The molecule has 0 unspecified atom stereocenters. The zero-order chi connectivity index (χ0) is 15.7. The molecule has 2 nitrogen and oxygen atoms in total. The van der Waals surface area contributed by atoms with Gasteiger partial charge in [-0.15, -0.1) is 0 Å². The van der Waals surface area contributed by atoms with Crippen molar-refractivity contribution >= 4 is 27.8 Å². The highest BCUT2D eigenvalue weighted by Gasteiger charge is 2.22. The Labute approximate surface area is 136 Å². The highest BCUT2D eigenvalue weighted by Crippen LogP contribution is 2.30. The number of halogens is 2. The minimum absolute atomic E-state index is 0.0386. The van der Waals surface area contributed by atoms with Gasteiger partial charge in [0.1, 0.15) is 11.6 Å². The second-order valence-electron chi connectivity index (χ2n) is 5.19. The van der Waals surface area contributed by atoms with E-state index in [-0.39, 0.29) is 11.6 Å². The summed E-state index contributed by atoms with van der Waals surface area (Å²) in [5.74, 6) is 0.379. The second kappa shape index (κ2) is 6.05. The molecule has 112 valence electrons. The molecular weight excluding hydrogens is 347 g/mol. The summed E-state index contributed by atoms with van der Waals surface area (Å²) in [5, 5.41) is 0. The molecule has 0 radical (unpaired) electrons. The van der Waals surface area contributed by atoms with Crippen molar-refractivity contribution in [1.29, 1.82) is 0 Å². The van der Waals surface area contributed by atoms with Crippen LogP contribution in [0.15, 0.2) is 46.4 Å². The van der Waals surface area contributed by atoms with E-state index in [0.29, 0.717) is 23.1 Å². The first-order chi connectivity index (χ1) is 10.6. The van der Waals surface area contributed by atoms with Crippen molar-refractivity contribution in [3.8, 4) is 5.75 Å². The Bertz CT molecular complexity index is 781. The lowest BCUT2D eigenvalue weighted by Gasteiger charge is -2.18. The number of Topliss-reactive ketones (excluding diaryl/α,β-unsaturated/α-hetero) is 1. The molecule has 22 heavy (non-hydrogen) atoms. The quantitative estimate of drug-likeness (QED) is 0.718. The highest BCUT2D eigenvalue weighted by atomic mass is 79.9. The first-order valence-corrected chi connectivity index (χ1v) is 7.75. The number of fused-ring (bicyclic) bond motifs is 1. The SMILES string of the molecule is COc1ccc2c(c1)CC/C(=C\c1cc(Br)ccc1F)C2=O. The van der Waals surface area contributed by atoms with Crippen LogP contribution >= 0.6 is 15.9 Å². The molecule has 0 bridgehead atoms. The molecule has 2 aromatic rings. The molecule has 2 aromatic carbocycles. The molecule has 0 spiro atoms. The van der Waals surface area contributed by atoms with Crippen LogP contribution in [0.3, 0.4) is 0 Å². The zero-order valence-electron chi connectivity index (χ0n) is 12.0. The third-order valence-corrected chi connectivity index (χ3v) is 4.29. The Balaban J connectivity index is 1.99. The van der Waals surface area contributed by atoms with Crippen molar-refractivity contribution in [1.82, 2.24) is 0 Å². The van der Waals surface area contributed by atoms with E-state index in [1.165, 1.54) is 6.07 Å². The van der Waals surface area contributed by atoms with E-state index in [2.05, 4.69) is 15.9 Å². The van der Waals surface area contributed by atoms with Crippen LogP contribution in [0.1, 0.15) is 27.9 Å². The molecular formula is C18H14BrFO2. The predicted molar refractivity (Wildman–Crippen MR) is 87.7 cm³/mol. The molecule has 0 aromatic heterocycles. The van der Waals surface area contributed by atoms with Gasteiger partial charge in [0.25, 0.3) is 0 Å². The van der Waals surface area contributed by atoms with Gasteiger partial charge in [-0.3, -0.25) is 4.79 Å². The molecule has 0 saturated carbocycles. The maximum atomic E-state index is 13.9. The highest BCUT2D eigenvalue weighted by molar-refractivity contribution is 9.10. The van der Waals surface area contributed by atoms with Crippen LogP contribution in [0.25, 0.3) is 6.08 Å². The number of ketones is 1. The minimum atomic E-state index is -0.330. The number of allylic oxidation sites excluding steroid dienone is 1. The summed E-state index contributed by atoms with van der Waals surface area (Å²) in [4.78, 5) is 12.6. The lowest BCUT2D eigenvalue weighted by Crippen LogP contribution is -2.14. The molecule has 0 amide bonds. The van der Waals surface area contributed by atoms with Crippen LogP contribution in [-0.2, 0) is 6.42 Å². The number of carbonyl (C=O) groups excluding carboxylic acids is 1. The fourth-order valence-corrected chi connectivity index (χ4v) is 3.01. The van der Waals surface area contributed by atoms with Crippen LogP contribution in [0.2, 0.25) is 0 Å². The van der Waals surface area contributed by atoms with E-state index in [4.69, 9.17) is 4.74 Å². The molecule has 0 N–H and O–H groups in total. The smallest absolute Gasteiger partial charge is 0.189 e. The molecule has 4 heteroatoms. The minimum Gasteiger partial charge on any atom is -0.497 e. The number of methoxy groups -OCH3 is 1. The number of ether oxygens (including phenoxy) is 1. The largest absolute Gasteiger partial charge is 0.497 e. The van der Waals surface area contributed by atoms with Gasteiger partial charge in [-0.1, -0.05) is 15.9 Å². The van der Waals surface area contributed by atoms with Gasteiger partial charge in [0.2, 0.25) is 0 Å². The fourth-order valence-electron chi connectivity index (χ4n) is 2.63. The fraction of sp³-hybridized carbons (Fsp3) is 0.167. The third kappa shape index (κ3) is 2.83. The summed E-state index contributed by atoms with van der Waals surface area (Å²) in [6, 6.07) is 10.2. The normalized spacial score (nSPS) is 15.8. The van der Waals surface area contributed by atoms with E-state index in [0.717, 1.165) is 22.2 Å². The van der Waals surface area contributed by atoms with Gasteiger partial charge in [0, 0.05) is 21.2 Å². The van der Waals surface area contributed by atoms with E-state index in [1.807, 2.05) is 6.07 Å². The number of carbonyl (C=O) groups is 1. The predicted octanol–water partition coefficient (Wildman–Crippen LogP) is 4.81. The van der Waals surface area contributed by atoms with E-state index in [1.54, 1.807) is 37.5 Å². The Hall–Kier alpha value is -1.94. The van der Waals surface area contributed by atoms with Gasteiger partial charge in [-0.2, -0.15) is 0 Å². The Morgan fingerprint density at radius 3 is 2.77 bits per heavy atom. The zero-order valence-corrected chi connectivity index (χ0v) is 13.6. The molecule has 0 heterocycles. The lowest BCUT2D eigenvalue weighted by molar-refractivity contribution is 0.102. The molecule has 0 saturated heterocycles. The number of hydrogen-bond donors (Lipinski definition) is 0. The molecule has 0 fully saturated rings. The Morgan fingerprint density at radius 2 is 2.00 bits per heavy atom.